The second-order valence-corrected chi connectivity index (χ2v) is 2.56. The number of carbonyl (C=O) groups is 1. The molecule has 3 nitrogen and oxygen atoms in total. The molecule has 0 unspecified atom stereocenters. The van der Waals surface area contributed by atoms with E-state index in [1.165, 1.54) is 0 Å². The maximum atomic E-state index is 10.4. The standard InChI is InChI=1S/C9H12N2O/c1-10-4-2-8-3-5-11-9(6-8)7-12/h3,5-7,10H,2,4H2,1H3. The molecule has 0 atom stereocenters. The number of nitrogens with zero attached hydrogens (tertiary/aromatic N) is 1. The third-order valence-corrected chi connectivity index (χ3v) is 1.63. The highest BCUT2D eigenvalue weighted by molar-refractivity contribution is 5.71. The molecule has 1 aromatic rings. The zero-order chi connectivity index (χ0) is 8.81. The highest BCUT2D eigenvalue weighted by Gasteiger charge is 1.94. The Bertz CT molecular complexity index is 260. The van der Waals surface area contributed by atoms with Crippen LogP contribution in [0, 0.1) is 0 Å². The Hall–Kier alpha value is -1.22. The Morgan fingerprint density at radius 2 is 2.50 bits per heavy atom. The van der Waals surface area contributed by atoms with Gasteiger partial charge in [-0.1, -0.05) is 0 Å². The maximum absolute atomic E-state index is 10.4. The Balaban J connectivity index is 2.66. The quantitative estimate of drug-likeness (QED) is 0.664. The van der Waals surface area contributed by atoms with Gasteiger partial charge in [-0.25, -0.2) is 0 Å². The number of hydrogen-bond donors (Lipinski definition) is 1. The second kappa shape index (κ2) is 4.62. The Kier molecular flexibility index (Phi) is 3.41. The fraction of sp³-hybridized carbons (Fsp3) is 0.333. The molecule has 0 aromatic carbocycles. The van der Waals surface area contributed by atoms with Crippen molar-refractivity contribution in [1.82, 2.24) is 10.3 Å². The minimum atomic E-state index is 0.503. The van der Waals surface area contributed by atoms with Gasteiger partial charge >= 0.3 is 0 Å². The predicted molar refractivity (Wildman–Crippen MR) is 47.3 cm³/mol. The summed E-state index contributed by atoms with van der Waals surface area (Å²) >= 11 is 0. The van der Waals surface area contributed by atoms with Crippen molar-refractivity contribution >= 4 is 6.29 Å². The first-order valence-electron chi connectivity index (χ1n) is 3.91. The number of rotatable bonds is 4. The summed E-state index contributed by atoms with van der Waals surface area (Å²) in [5, 5.41) is 3.04. The monoisotopic (exact) mass is 164 g/mol. The minimum absolute atomic E-state index is 0.503. The number of pyridine rings is 1. The average Bonchev–Trinajstić information content (AvgIpc) is 2.15. The lowest BCUT2D eigenvalue weighted by atomic mass is 10.2. The van der Waals surface area contributed by atoms with E-state index in [4.69, 9.17) is 0 Å². The van der Waals surface area contributed by atoms with E-state index >= 15 is 0 Å². The highest BCUT2D eigenvalue weighted by atomic mass is 16.1. The van der Waals surface area contributed by atoms with Crippen molar-refractivity contribution in [3.05, 3.63) is 29.6 Å². The van der Waals surface area contributed by atoms with Gasteiger partial charge in [0.25, 0.3) is 0 Å². The number of carbonyl (C=O) groups excluding carboxylic acids is 1. The van der Waals surface area contributed by atoms with Crippen molar-refractivity contribution in [3.63, 3.8) is 0 Å². The van der Waals surface area contributed by atoms with Crippen LogP contribution < -0.4 is 5.32 Å². The molecule has 12 heavy (non-hydrogen) atoms. The Morgan fingerprint density at radius 3 is 3.17 bits per heavy atom. The Labute approximate surface area is 71.8 Å². The summed E-state index contributed by atoms with van der Waals surface area (Å²) in [5.41, 5.74) is 1.64. The highest BCUT2D eigenvalue weighted by Crippen LogP contribution is 1.99. The average molecular weight is 164 g/mol. The Morgan fingerprint density at radius 1 is 1.67 bits per heavy atom. The van der Waals surface area contributed by atoms with Gasteiger partial charge in [-0.3, -0.25) is 9.78 Å². The first-order valence-corrected chi connectivity index (χ1v) is 3.91. The molecule has 0 aliphatic carbocycles. The lowest BCUT2D eigenvalue weighted by Gasteiger charge is -1.99. The number of hydrogen-bond acceptors (Lipinski definition) is 3. The number of nitrogens with one attached hydrogen (secondary N) is 1. The van der Waals surface area contributed by atoms with Gasteiger partial charge in [0.05, 0.1) is 0 Å². The van der Waals surface area contributed by atoms with E-state index in [2.05, 4.69) is 10.3 Å². The minimum Gasteiger partial charge on any atom is -0.319 e. The van der Waals surface area contributed by atoms with E-state index in [9.17, 15) is 4.79 Å². The van der Waals surface area contributed by atoms with Gasteiger partial charge in [0.1, 0.15) is 5.69 Å². The molecule has 1 rings (SSSR count). The van der Waals surface area contributed by atoms with Crippen molar-refractivity contribution in [2.45, 2.75) is 6.42 Å². The van der Waals surface area contributed by atoms with Crippen LogP contribution in [0.25, 0.3) is 0 Å². The van der Waals surface area contributed by atoms with E-state index in [1.54, 1.807) is 6.20 Å². The van der Waals surface area contributed by atoms with E-state index in [1.807, 2.05) is 19.2 Å². The van der Waals surface area contributed by atoms with Gasteiger partial charge in [-0.05, 0) is 37.7 Å². The van der Waals surface area contributed by atoms with Crippen LogP contribution in [-0.2, 0) is 6.42 Å². The zero-order valence-corrected chi connectivity index (χ0v) is 7.08. The number of aldehydes is 1. The molecular weight excluding hydrogens is 152 g/mol. The van der Waals surface area contributed by atoms with Gasteiger partial charge in [0.2, 0.25) is 0 Å². The fourth-order valence-electron chi connectivity index (χ4n) is 0.984. The van der Waals surface area contributed by atoms with E-state index < -0.39 is 0 Å². The topological polar surface area (TPSA) is 42.0 Å². The molecule has 1 heterocycles. The predicted octanol–water partition coefficient (Wildman–Crippen LogP) is 0.656. The molecule has 64 valence electrons. The summed E-state index contributed by atoms with van der Waals surface area (Å²) in [6.45, 7) is 0.919. The van der Waals surface area contributed by atoms with Crippen molar-refractivity contribution in [1.29, 1.82) is 0 Å². The molecule has 0 spiro atoms. The molecule has 0 aliphatic rings. The van der Waals surface area contributed by atoms with E-state index in [0.29, 0.717) is 5.69 Å². The van der Waals surface area contributed by atoms with Crippen LogP contribution in [0.2, 0.25) is 0 Å². The van der Waals surface area contributed by atoms with Gasteiger partial charge < -0.3 is 5.32 Å². The van der Waals surface area contributed by atoms with E-state index in [0.717, 1.165) is 24.8 Å². The van der Waals surface area contributed by atoms with Crippen molar-refractivity contribution < 1.29 is 4.79 Å². The molecule has 0 amide bonds. The van der Waals surface area contributed by atoms with Crippen LogP contribution in [0.4, 0.5) is 0 Å². The smallest absolute Gasteiger partial charge is 0.168 e. The lowest BCUT2D eigenvalue weighted by molar-refractivity contribution is 0.111. The van der Waals surface area contributed by atoms with Crippen LogP contribution in [0.1, 0.15) is 16.1 Å². The summed E-state index contributed by atoms with van der Waals surface area (Å²) in [6.07, 6.45) is 3.36. The zero-order valence-electron chi connectivity index (χ0n) is 7.08. The van der Waals surface area contributed by atoms with Crippen molar-refractivity contribution in [2.75, 3.05) is 13.6 Å². The number of aromatic nitrogens is 1. The molecule has 0 aliphatic heterocycles. The van der Waals surface area contributed by atoms with Crippen LogP contribution in [0.3, 0.4) is 0 Å². The first-order chi connectivity index (χ1) is 5.86. The normalized spacial score (nSPS) is 9.75. The van der Waals surface area contributed by atoms with Crippen molar-refractivity contribution in [2.24, 2.45) is 0 Å². The molecule has 3 heteroatoms. The molecule has 1 N–H and O–H groups in total. The molecule has 0 radical (unpaired) electrons. The first kappa shape index (κ1) is 8.87. The molecule has 0 bridgehead atoms. The molecule has 1 aromatic heterocycles. The summed E-state index contributed by atoms with van der Waals surface area (Å²) in [4.78, 5) is 14.2. The molecular formula is C9H12N2O. The van der Waals surface area contributed by atoms with Crippen LogP contribution in [-0.4, -0.2) is 24.9 Å². The second-order valence-electron chi connectivity index (χ2n) is 2.56. The number of likely N-dealkylation sites (N-methyl/N-ethyl adjacent to an activating group) is 1. The SMILES string of the molecule is CNCCc1ccnc(C=O)c1. The molecule has 0 saturated carbocycles. The fourth-order valence-corrected chi connectivity index (χ4v) is 0.984. The third kappa shape index (κ3) is 2.43. The summed E-state index contributed by atoms with van der Waals surface area (Å²) in [6, 6.07) is 3.73. The lowest BCUT2D eigenvalue weighted by Crippen LogP contribution is -2.10. The van der Waals surface area contributed by atoms with Gasteiger partial charge in [-0.2, -0.15) is 0 Å². The molecule has 0 saturated heterocycles. The van der Waals surface area contributed by atoms with Crippen LogP contribution >= 0.6 is 0 Å². The van der Waals surface area contributed by atoms with E-state index in [-0.39, 0.29) is 0 Å². The maximum Gasteiger partial charge on any atom is 0.168 e. The third-order valence-electron chi connectivity index (χ3n) is 1.63. The van der Waals surface area contributed by atoms with Crippen LogP contribution in [0.5, 0.6) is 0 Å². The molecule has 0 fully saturated rings. The summed E-state index contributed by atoms with van der Waals surface area (Å²) < 4.78 is 0. The largest absolute Gasteiger partial charge is 0.319 e. The van der Waals surface area contributed by atoms with Crippen molar-refractivity contribution in [3.8, 4) is 0 Å². The van der Waals surface area contributed by atoms with Gasteiger partial charge in [0.15, 0.2) is 6.29 Å². The van der Waals surface area contributed by atoms with Crippen LogP contribution in [0.15, 0.2) is 18.3 Å². The van der Waals surface area contributed by atoms with Gasteiger partial charge in [0, 0.05) is 6.20 Å². The summed E-state index contributed by atoms with van der Waals surface area (Å²) in [7, 11) is 1.90. The van der Waals surface area contributed by atoms with Gasteiger partial charge in [-0.15, -0.1) is 0 Å². The summed E-state index contributed by atoms with van der Waals surface area (Å²) in [5.74, 6) is 0.